The van der Waals surface area contributed by atoms with Gasteiger partial charge in [0.05, 0.1) is 6.20 Å². The van der Waals surface area contributed by atoms with Crippen LogP contribution in [-0.4, -0.2) is 26.0 Å². The normalized spacial score (nSPS) is 10.2. The second kappa shape index (κ2) is 3.53. The van der Waals surface area contributed by atoms with Crippen LogP contribution in [0.2, 0.25) is 0 Å². The zero-order chi connectivity index (χ0) is 10.8. The summed E-state index contributed by atoms with van der Waals surface area (Å²) < 4.78 is 0. The number of carboxylic acid groups (broad SMARTS) is 1. The number of hydrogen-bond donors (Lipinski definition) is 2. The van der Waals surface area contributed by atoms with Crippen LogP contribution in [0.1, 0.15) is 16.1 Å². The van der Waals surface area contributed by atoms with Gasteiger partial charge in [0.1, 0.15) is 11.5 Å². The summed E-state index contributed by atoms with van der Waals surface area (Å²) in [5.41, 5.74) is 1.89. The minimum atomic E-state index is -1.01. The van der Waals surface area contributed by atoms with Gasteiger partial charge in [0, 0.05) is 18.0 Å². The van der Waals surface area contributed by atoms with Crippen LogP contribution in [0.3, 0.4) is 0 Å². The quantitative estimate of drug-likeness (QED) is 0.774. The van der Waals surface area contributed by atoms with E-state index >= 15 is 0 Å². The summed E-state index contributed by atoms with van der Waals surface area (Å²) in [5, 5.41) is 8.73. The van der Waals surface area contributed by atoms with Crippen molar-refractivity contribution in [1.29, 1.82) is 0 Å². The molecule has 0 spiro atoms. The number of aromatic amines is 1. The summed E-state index contributed by atoms with van der Waals surface area (Å²) in [5.74, 6) is -0.465. The Labute approximate surface area is 85.8 Å². The van der Waals surface area contributed by atoms with Gasteiger partial charge < -0.3 is 10.1 Å². The largest absolute Gasteiger partial charge is 0.477 e. The van der Waals surface area contributed by atoms with E-state index < -0.39 is 5.97 Å². The topological polar surface area (TPSA) is 78.9 Å². The number of rotatable bonds is 2. The van der Waals surface area contributed by atoms with Crippen molar-refractivity contribution in [2.45, 2.75) is 6.92 Å². The van der Waals surface area contributed by atoms with Crippen LogP contribution in [0, 0.1) is 6.92 Å². The molecule has 2 rings (SSSR count). The number of imidazole rings is 1. The Balaban J connectivity index is 2.46. The van der Waals surface area contributed by atoms with E-state index in [0.717, 1.165) is 11.1 Å². The Morgan fingerprint density at radius 1 is 1.47 bits per heavy atom. The number of aromatic carboxylic acids is 1. The number of aromatic nitrogens is 3. The van der Waals surface area contributed by atoms with Crippen LogP contribution < -0.4 is 0 Å². The summed E-state index contributed by atoms with van der Waals surface area (Å²) in [6, 6.07) is 1.79. The first-order valence-electron chi connectivity index (χ1n) is 4.38. The molecule has 0 saturated heterocycles. The van der Waals surface area contributed by atoms with Gasteiger partial charge in [-0.25, -0.2) is 9.78 Å². The van der Waals surface area contributed by atoms with E-state index in [1.165, 1.54) is 6.20 Å². The van der Waals surface area contributed by atoms with E-state index in [2.05, 4.69) is 15.0 Å². The molecular formula is C10H9N3O2. The van der Waals surface area contributed by atoms with Gasteiger partial charge in [-0.15, -0.1) is 0 Å². The molecule has 5 nitrogen and oxygen atoms in total. The van der Waals surface area contributed by atoms with Gasteiger partial charge in [-0.3, -0.25) is 4.98 Å². The predicted octanol–water partition coefficient (Wildman–Crippen LogP) is 1.48. The van der Waals surface area contributed by atoms with Gasteiger partial charge in [0.25, 0.3) is 0 Å². The number of H-pyrrole nitrogens is 1. The Hall–Kier alpha value is -2.17. The van der Waals surface area contributed by atoms with Crippen molar-refractivity contribution in [3.05, 3.63) is 35.9 Å². The first-order valence-corrected chi connectivity index (χ1v) is 4.38. The molecule has 0 aromatic carbocycles. The number of pyridine rings is 1. The fraction of sp³-hybridized carbons (Fsp3) is 0.100. The monoisotopic (exact) mass is 203 g/mol. The first-order chi connectivity index (χ1) is 7.18. The van der Waals surface area contributed by atoms with E-state index in [1.54, 1.807) is 18.5 Å². The molecule has 0 aliphatic rings. The van der Waals surface area contributed by atoms with E-state index in [4.69, 9.17) is 5.11 Å². The molecule has 0 bridgehead atoms. The third-order valence-corrected chi connectivity index (χ3v) is 2.08. The molecule has 5 heteroatoms. The average molecular weight is 203 g/mol. The molecule has 0 saturated carbocycles. The minimum Gasteiger partial charge on any atom is -0.477 e. The van der Waals surface area contributed by atoms with Crippen LogP contribution in [0.15, 0.2) is 24.7 Å². The molecule has 2 aromatic rings. The molecule has 2 N–H and O–H groups in total. The highest BCUT2D eigenvalue weighted by Gasteiger charge is 2.09. The van der Waals surface area contributed by atoms with E-state index in [0.29, 0.717) is 5.82 Å². The maximum Gasteiger partial charge on any atom is 0.353 e. The number of carboxylic acids is 1. The van der Waals surface area contributed by atoms with Gasteiger partial charge in [0.2, 0.25) is 0 Å². The highest BCUT2D eigenvalue weighted by atomic mass is 16.4. The second-order valence-electron chi connectivity index (χ2n) is 3.14. The molecule has 0 amide bonds. The lowest BCUT2D eigenvalue weighted by molar-refractivity contribution is 0.0691. The molecule has 15 heavy (non-hydrogen) atoms. The fourth-order valence-electron chi connectivity index (χ4n) is 1.31. The number of hydrogen-bond acceptors (Lipinski definition) is 3. The van der Waals surface area contributed by atoms with Crippen molar-refractivity contribution >= 4 is 5.97 Å². The summed E-state index contributed by atoms with van der Waals surface area (Å²) in [4.78, 5) is 21.3. The Bertz CT molecular complexity index is 505. The van der Waals surface area contributed by atoms with Crippen molar-refractivity contribution in [3.63, 3.8) is 0 Å². The van der Waals surface area contributed by atoms with Crippen molar-refractivity contribution in [1.82, 2.24) is 15.0 Å². The zero-order valence-electron chi connectivity index (χ0n) is 8.06. The molecule has 0 fully saturated rings. The van der Waals surface area contributed by atoms with Crippen LogP contribution in [0.5, 0.6) is 0 Å². The zero-order valence-corrected chi connectivity index (χ0v) is 8.06. The standard InChI is InChI=1S/C10H9N3O2/c1-6-4-11-3-2-7(6)9-12-5-8(13-9)10(14)15/h2-5H,1H3,(H,12,13)(H,14,15). The molecule has 2 heterocycles. The number of carbonyl (C=O) groups is 1. The highest BCUT2D eigenvalue weighted by molar-refractivity contribution is 5.85. The number of nitrogens with one attached hydrogen (secondary N) is 1. The second-order valence-corrected chi connectivity index (χ2v) is 3.14. The van der Waals surface area contributed by atoms with Crippen LogP contribution >= 0.6 is 0 Å². The molecule has 0 radical (unpaired) electrons. The highest BCUT2D eigenvalue weighted by Crippen LogP contribution is 2.18. The maximum atomic E-state index is 10.6. The molecule has 0 aliphatic carbocycles. The van der Waals surface area contributed by atoms with Crippen LogP contribution in [0.25, 0.3) is 11.4 Å². The Morgan fingerprint density at radius 3 is 2.87 bits per heavy atom. The third-order valence-electron chi connectivity index (χ3n) is 2.08. The molecule has 0 atom stereocenters. The summed E-state index contributed by atoms with van der Waals surface area (Å²) in [6.07, 6.45) is 4.65. The molecule has 76 valence electrons. The summed E-state index contributed by atoms with van der Waals surface area (Å²) in [6.45, 7) is 1.89. The maximum absolute atomic E-state index is 10.6. The lowest BCUT2D eigenvalue weighted by atomic mass is 10.1. The first kappa shape index (κ1) is 9.39. The smallest absolute Gasteiger partial charge is 0.353 e. The van der Waals surface area contributed by atoms with Crippen molar-refractivity contribution in [2.75, 3.05) is 0 Å². The van der Waals surface area contributed by atoms with Crippen LogP contribution in [-0.2, 0) is 0 Å². The lowest BCUT2D eigenvalue weighted by Crippen LogP contribution is -1.95. The fourth-order valence-corrected chi connectivity index (χ4v) is 1.31. The van der Waals surface area contributed by atoms with Gasteiger partial charge >= 0.3 is 5.97 Å². The van der Waals surface area contributed by atoms with Crippen LogP contribution in [0.4, 0.5) is 0 Å². The van der Waals surface area contributed by atoms with E-state index in [9.17, 15) is 4.79 Å². The summed E-state index contributed by atoms with van der Waals surface area (Å²) in [7, 11) is 0. The summed E-state index contributed by atoms with van der Waals surface area (Å²) >= 11 is 0. The minimum absolute atomic E-state index is 0.0845. The Kier molecular flexibility index (Phi) is 2.21. The van der Waals surface area contributed by atoms with E-state index in [-0.39, 0.29) is 5.69 Å². The molecule has 0 aliphatic heterocycles. The van der Waals surface area contributed by atoms with Crippen molar-refractivity contribution in [2.24, 2.45) is 0 Å². The van der Waals surface area contributed by atoms with Gasteiger partial charge in [0.15, 0.2) is 0 Å². The van der Waals surface area contributed by atoms with Crippen molar-refractivity contribution < 1.29 is 9.90 Å². The number of nitrogens with zero attached hydrogens (tertiary/aromatic N) is 2. The molecule has 2 aromatic heterocycles. The van der Waals surface area contributed by atoms with Crippen molar-refractivity contribution in [3.8, 4) is 11.4 Å². The lowest BCUT2D eigenvalue weighted by Gasteiger charge is -1.99. The van der Waals surface area contributed by atoms with Gasteiger partial charge in [-0.1, -0.05) is 0 Å². The van der Waals surface area contributed by atoms with Gasteiger partial charge in [-0.2, -0.15) is 0 Å². The SMILES string of the molecule is Cc1cnccc1-c1ncc(C(=O)O)[nH]1. The predicted molar refractivity (Wildman–Crippen MR) is 53.5 cm³/mol. The average Bonchev–Trinajstić information content (AvgIpc) is 2.67. The molecule has 0 unspecified atom stereocenters. The number of aryl methyl sites for hydroxylation is 1. The Morgan fingerprint density at radius 2 is 2.27 bits per heavy atom. The third kappa shape index (κ3) is 1.71. The van der Waals surface area contributed by atoms with Gasteiger partial charge in [-0.05, 0) is 18.6 Å². The van der Waals surface area contributed by atoms with E-state index in [1.807, 2.05) is 6.92 Å². The molecular weight excluding hydrogens is 194 g/mol.